The molecule has 2 saturated heterocycles. The van der Waals surface area contributed by atoms with Crippen LogP contribution < -0.4 is 58.9 Å². The van der Waals surface area contributed by atoms with E-state index < -0.39 is 198 Å². The number of fused-ring (bicyclic) bond motifs is 1. The van der Waals surface area contributed by atoms with Gasteiger partial charge in [-0.3, -0.25) is 62.3 Å². The van der Waals surface area contributed by atoms with Gasteiger partial charge in [-0.2, -0.15) is 0 Å². The summed E-state index contributed by atoms with van der Waals surface area (Å²) in [6.45, 7) is 16.1. The van der Waals surface area contributed by atoms with Crippen molar-refractivity contribution < 1.29 is 97.5 Å². The molecule has 0 aliphatic carbocycles. The van der Waals surface area contributed by atoms with E-state index in [1.807, 2.05) is 22.9 Å². The Morgan fingerprint density at radius 3 is 1.84 bits per heavy atom. The van der Waals surface area contributed by atoms with E-state index in [9.17, 15) is 97.5 Å². The number of amides is 11. The molecule has 89 heavy (non-hydrogen) atoms. The van der Waals surface area contributed by atoms with Gasteiger partial charge in [0.05, 0.1) is 30.5 Å². The van der Waals surface area contributed by atoms with Crippen molar-refractivity contribution in [2.45, 2.75) is 180 Å². The first-order chi connectivity index (χ1) is 41.6. The van der Waals surface area contributed by atoms with Gasteiger partial charge in [-0.25, -0.2) is 9.59 Å². The van der Waals surface area contributed by atoms with E-state index in [0.29, 0.717) is 12.3 Å². The summed E-state index contributed by atoms with van der Waals surface area (Å²) >= 11 is 0. The predicted molar refractivity (Wildman–Crippen MR) is 314 cm³/mol. The zero-order valence-corrected chi connectivity index (χ0v) is 51.4. The van der Waals surface area contributed by atoms with Crippen LogP contribution >= 0.6 is 0 Å². The highest BCUT2D eigenvalue weighted by Gasteiger charge is 2.45. The van der Waals surface area contributed by atoms with Crippen LogP contribution in [0.1, 0.15) is 114 Å². The Kier molecular flexibility index (Phi) is 31.3. The first kappa shape index (κ1) is 76.3. The lowest BCUT2D eigenvalue weighted by Gasteiger charge is -2.34. The van der Waals surface area contributed by atoms with E-state index >= 15 is 0 Å². The summed E-state index contributed by atoms with van der Waals surface area (Å²) in [7, 11) is 0. The zero-order chi connectivity index (χ0) is 67.7. The van der Waals surface area contributed by atoms with Crippen molar-refractivity contribution in [3.63, 3.8) is 0 Å². The van der Waals surface area contributed by atoms with Gasteiger partial charge in [-0.1, -0.05) is 79.7 Å². The number of nitrogens with two attached hydrogens (primary N) is 1. The highest BCUT2D eigenvalue weighted by molar-refractivity contribution is 6.04. The molecule has 17 N–H and O–H groups in total. The van der Waals surface area contributed by atoms with Gasteiger partial charge in [0.25, 0.3) is 0 Å². The van der Waals surface area contributed by atoms with Crippen LogP contribution in [-0.2, 0) is 71.9 Å². The first-order valence-corrected chi connectivity index (χ1v) is 29.2. The van der Waals surface area contributed by atoms with Crippen molar-refractivity contribution in [3.8, 4) is 0 Å². The summed E-state index contributed by atoms with van der Waals surface area (Å²) in [5.74, 6) is -24.4. The lowest BCUT2D eigenvalue weighted by molar-refractivity contribution is -0.153. The SMILES string of the molecule is C=C(C(=O)O)[C@H](NC(=O)/C=C/C=C\CCC(C)CC)C(=O)N[C@@H]1C(=O)N[C@H](C(C)C)C(=O)N[C@@H](CCCCN)C(=O)N[C@@H](C(O)C(=O)O)C(=O)N[C@@H](CC(=O)O)C(=O)NCC(=O)N[C@H](C(C)C(=O)O)C(=O)N[C@@H](C(C)C)C(=O)N2C[C@H](C)C[C@H]2C(=O)NC1C. The van der Waals surface area contributed by atoms with Gasteiger partial charge in [-0.05, 0) is 82.6 Å². The number of nitrogens with zero attached hydrogens (tertiary/aromatic N) is 1. The fraction of sp³-hybridized carbons (Fsp3) is 0.632. The smallest absolute Gasteiger partial charge is 0.335 e. The van der Waals surface area contributed by atoms with Gasteiger partial charge < -0.3 is 89.3 Å². The van der Waals surface area contributed by atoms with Crippen molar-refractivity contribution in [3.05, 3.63) is 36.5 Å². The van der Waals surface area contributed by atoms with E-state index in [4.69, 9.17) is 5.73 Å². The molecule has 0 aromatic carbocycles. The number of aliphatic hydroxyl groups excluding tert-OH is 1. The third kappa shape index (κ3) is 24.0. The van der Waals surface area contributed by atoms with Gasteiger partial charge in [0.2, 0.25) is 65.0 Å². The molecule has 2 heterocycles. The molecule has 14 atom stereocenters. The fourth-order valence-corrected chi connectivity index (χ4v) is 9.26. The number of carbonyl (C=O) groups excluding carboxylic acids is 11. The van der Waals surface area contributed by atoms with Gasteiger partial charge >= 0.3 is 23.9 Å². The minimum atomic E-state index is -2.84. The summed E-state index contributed by atoms with van der Waals surface area (Å²) in [5.41, 5.74) is 4.80. The van der Waals surface area contributed by atoms with Crippen molar-refractivity contribution in [1.29, 1.82) is 0 Å². The molecule has 0 radical (unpaired) electrons. The molecule has 496 valence electrons. The molecule has 2 rings (SSSR count). The minimum Gasteiger partial charge on any atom is -0.481 e. The maximum atomic E-state index is 14.8. The Labute approximate surface area is 514 Å². The van der Waals surface area contributed by atoms with E-state index in [0.717, 1.165) is 30.7 Å². The van der Waals surface area contributed by atoms with E-state index in [-0.39, 0.29) is 38.8 Å². The summed E-state index contributed by atoms with van der Waals surface area (Å²) in [6, 6.07) is -18.9. The summed E-state index contributed by atoms with van der Waals surface area (Å²) < 4.78 is 0. The number of hydrogen-bond donors (Lipinski definition) is 16. The highest BCUT2D eigenvalue weighted by atomic mass is 16.4. The number of aliphatic carboxylic acids is 4. The van der Waals surface area contributed by atoms with Crippen molar-refractivity contribution in [1.82, 2.24) is 58.1 Å². The Morgan fingerprint density at radius 2 is 1.28 bits per heavy atom. The molecule has 0 saturated carbocycles. The van der Waals surface area contributed by atoms with Crippen LogP contribution in [0.3, 0.4) is 0 Å². The Balaban J connectivity index is 2.96. The second-order valence-corrected chi connectivity index (χ2v) is 22.9. The maximum absolute atomic E-state index is 14.8. The van der Waals surface area contributed by atoms with Gasteiger partial charge in [0.15, 0.2) is 6.10 Å². The molecule has 0 aromatic rings. The van der Waals surface area contributed by atoms with Gasteiger partial charge in [0.1, 0.15) is 54.4 Å². The van der Waals surface area contributed by atoms with Crippen molar-refractivity contribution >= 4 is 88.9 Å². The molecule has 4 unspecified atom stereocenters. The molecule has 2 aliphatic heterocycles. The van der Waals surface area contributed by atoms with Crippen LogP contribution in [0.15, 0.2) is 36.5 Å². The number of carboxylic acid groups (broad SMARTS) is 4. The fourth-order valence-electron chi connectivity index (χ4n) is 9.26. The molecule has 32 nitrogen and oxygen atoms in total. The standard InChI is InChI=1S/C57H88N12O20/c1-11-28(6)18-14-12-13-15-20-36(70)63-41(30(8)55(84)85)51(80)67-43-32(10)60-48(77)35-22-29(7)25-69(35)54(83)40(27(4)5)66-50(79)42(31(9)56(86)87)64-37(71)24-59-46(75)34(23-38(72)73)62-53(82)44(45(74)57(88)89)68-47(76)33(19-16-17-21-58)61-49(78)39(26(2)3)65-52(43)81/h12-13,15,20,26-29,31-35,39-45,74H,8,11,14,16-19,21-25,58H2,1-7,9-10H3,(H,59,75)(H,60,77)(H,61,78)(H,62,82)(H,63,70)(H,64,71)(H,65,81)(H,66,79)(H,67,80)(H,68,76)(H,72,73)(H,84,85)(H,86,87)(H,88,89)/b13-12-,20-15+/t28?,29-,31?,32?,33+,34+,35+,39-,40+,41+,42-,43+,44+,45?/m1/s1. The molecule has 2 aliphatic rings. The average molecular weight is 1260 g/mol. The Hall–Kier alpha value is -8.81. The molecular weight excluding hydrogens is 1170 g/mol. The molecule has 0 bridgehead atoms. The summed E-state index contributed by atoms with van der Waals surface area (Å²) in [6.07, 6.45) is 3.95. The largest absolute Gasteiger partial charge is 0.481 e. The Bertz CT molecular complexity index is 2700. The van der Waals surface area contributed by atoms with Crippen molar-refractivity contribution in [2.24, 2.45) is 35.3 Å². The molecule has 11 amide bonds. The number of rotatable bonds is 23. The predicted octanol–water partition coefficient (Wildman–Crippen LogP) is -3.60. The molecule has 32 heteroatoms. The summed E-state index contributed by atoms with van der Waals surface area (Å²) in [4.78, 5) is 205. The van der Waals surface area contributed by atoms with Gasteiger partial charge in [0, 0.05) is 12.6 Å². The number of aliphatic hydroxyl groups is 1. The van der Waals surface area contributed by atoms with Crippen LogP contribution in [0.5, 0.6) is 0 Å². The van der Waals surface area contributed by atoms with Crippen LogP contribution in [-0.4, -0.2) is 205 Å². The number of hydrogen-bond acceptors (Lipinski definition) is 17. The van der Waals surface area contributed by atoms with Gasteiger partial charge in [-0.15, -0.1) is 0 Å². The second-order valence-electron chi connectivity index (χ2n) is 22.9. The molecule has 2 fully saturated rings. The van der Waals surface area contributed by atoms with E-state index in [2.05, 4.69) is 50.7 Å². The molecule has 0 aromatic heterocycles. The lowest BCUT2D eigenvalue weighted by atomic mass is 9.97. The monoisotopic (exact) mass is 1260 g/mol. The third-order valence-electron chi connectivity index (χ3n) is 14.9. The van der Waals surface area contributed by atoms with Crippen LogP contribution in [0.2, 0.25) is 0 Å². The molecule has 0 spiro atoms. The Morgan fingerprint density at radius 1 is 0.697 bits per heavy atom. The zero-order valence-electron chi connectivity index (χ0n) is 51.4. The molecular formula is C57H88N12O20. The van der Waals surface area contributed by atoms with Crippen LogP contribution in [0.4, 0.5) is 0 Å². The van der Waals surface area contributed by atoms with Crippen LogP contribution in [0.25, 0.3) is 0 Å². The van der Waals surface area contributed by atoms with Crippen LogP contribution in [0, 0.1) is 29.6 Å². The summed E-state index contributed by atoms with van der Waals surface area (Å²) in [5, 5.41) is 72.8. The number of carboxylic acids is 4. The normalized spacial score (nSPS) is 25.7. The first-order valence-electron chi connectivity index (χ1n) is 29.2. The number of nitrogens with one attached hydrogen (secondary N) is 10. The van der Waals surface area contributed by atoms with Crippen molar-refractivity contribution in [2.75, 3.05) is 19.6 Å². The average Bonchev–Trinajstić information content (AvgIpc) is 1.89. The number of carbonyl (C=O) groups is 15. The quantitative estimate of drug-likeness (QED) is 0.0267. The number of allylic oxidation sites excluding steroid dienone is 3. The number of unbranched alkanes of at least 4 members (excludes halogenated alkanes) is 1. The second kappa shape index (κ2) is 36.5. The van der Waals surface area contributed by atoms with E-state index in [1.165, 1.54) is 40.7 Å². The topological polar surface area (TPSA) is 507 Å². The minimum absolute atomic E-state index is 0.0392. The lowest BCUT2D eigenvalue weighted by Crippen LogP contribution is -2.65. The third-order valence-corrected chi connectivity index (χ3v) is 14.9. The highest BCUT2D eigenvalue weighted by Crippen LogP contribution is 2.26. The van der Waals surface area contributed by atoms with E-state index in [1.54, 1.807) is 19.1 Å². The maximum Gasteiger partial charge on any atom is 0.335 e.